The van der Waals surface area contributed by atoms with E-state index in [4.69, 9.17) is 13.6 Å². The van der Waals surface area contributed by atoms with E-state index in [1.54, 1.807) is 0 Å². The number of hydrogen-bond acceptors (Lipinski definition) is 4. The van der Waals surface area contributed by atoms with Gasteiger partial charge < -0.3 is 13.6 Å². The molecule has 4 nitrogen and oxygen atoms in total. The van der Waals surface area contributed by atoms with Crippen molar-refractivity contribution in [3.63, 3.8) is 0 Å². The van der Waals surface area contributed by atoms with Gasteiger partial charge in [0.15, 0.2) is 0 Å². The average molecular weight is 1120 g/mol. The lowest BCUT2D eigenvalue weighted by Gasteiger charge is -2.26. The fraction of sp³-hybridized carbons (Fsp3) is 0.308. The molecule has 9 aromatic carbocycles. The van der Waals surface area contributed by atoms with Crippen LogP contribution >= 0.6 is 7.82 Å². The van der Waals surface area contributed by atoms with E-state index in [0.29, 0.717) is 17.2 Å². The van der Waals surface area contributed by atoms with Crippen LogP contribution < -0.4 is 13.6 Å². The van der Waals surface area contributed by atoms with E-state index in [1.165, 1.54) is 33.4 Å². The van der Waals surface area contributed by atoms with Gasteiger partial charge >= 0.3 is 7.82 Å². The van der Waals surface area contributed by atoms with E-state index < -0.39 is 7.82 Å². The molecule has 83 heavy (non-hydrogen) atoms. The van der Waals surface area contributed by atoms with Gasteiger partial charge in [0.05, 0.1) is 0 Å². The summed E-state index contributed by atoms with van der Waals surface area (Å²) in [6, 6.07) is 70.1. The first-order valence-electron chi connectivity index (χ1n) is 29.5. The van der Waals surface area contributed by atoms with Gasteiger partial charge in [0.2, 0.25) is 0 Å². The zero-order valence-corrected chi connectivity index (χ0v) is 53.5. The van der Waals surface area contributed by atoms with E-state index in [0.717, 1.165) is 66.8 Å². The van der Waals surface area contributed by atoms with E-state index >= 15 is 4.57 Å². The summed E-state index contributed by atoms with van der Waals surface area (Å²) >= 11 is 0. The molecule has 0 fully saturated rings. The van der Waals surface area contributed by atoms with Crippen molar-refractivity contribution in [3.05, 3.63) is 234 Å². The first-order valence-corrected chi connectivity index (χ1v) is 31.0. The Bertz CT molecular complexity index is 3370. The molecule has 5 heteroatoms. The molecule has 0 radical (unpaired) electrons. The average Bonchev–Trinajstić information content (AvgIpc) is 2.25. The van der Waals surface area contributed by atoms with Crippen molar-refractivity contribution in [1.82, 2.24) is 0 Å². The van der Waals surface area contributed by atoms with Crippen molar-refractivity contribution in [2.45, 2.75) is 157 Å². The molecule has 0 heterocycles. The van der Waals surface area contributed by atoms with Crippen LogP contribution in [0.15, 0.2) is 200 Å². The molecule has 428 valence electrons. The van der Waals surface area contributed by atoms with Crippen LogP contribution in [0.4, 0.5) is 0 Å². The van der Waals surface area contributed by atoms with Crippen LogP contribution in [0.25, 0.3) is 66.8 Å². The molecule has 9 aromatic rings. The van der Waals surface area contributed by atoms with Crippen LogP contribution in [0.1, 0.15) is 158 Å². The minimum Gasteiger partial charge on any atom is -0.385 e. The third kappa shape index (κ3) is 13.7. The Morgan fingerprint density at radius 2 is 0.398 bits per heavy atom. The number of hydrogen-bond donors (Lipinski definition) is 0. The lowest BCUT2D eigenvalue weighted by atomic mass is 9.84. The Morgan fingerprint density at radius 3 is 0.566 bits per heavy atom. The zero-order valence-electron chi connectivity index (χ0n) is 52.6. The number of phosphoric acid groups is 1. The van der Waals surface area contributed by atoms with Crippen molar-refractivity contribution in [3.8, 4) is 84.0 Å². The van der Waals surface area contributed by atoms with Crippen molar-refractivity contribution >= 4 is 7.82 Å². The molecule has 0 unspecified atom stereocenters. The van der Waals surface area contributed by atoms with Crippen molar-refractivity contribution in [1.29, 1.82) is 0 Å². The van der Waals surface area contributed by atoms with E-state index in [2.05, 4.69) is 288 Å². The molecule has 0 amide bonds. The summed E-state index contributed by atoms with van der Waals surface area (Å²) in [5.74, 6) is 1.05. The second-order valence-electron chi connectivity index (χ2n) is 28.7. The predicted molar refractivity (Wildman–Crippen MR) is 354 cm³/mol. The highest BCUT2D eigenvalue weighted by molar-refractivity contribution is 7.49. The minimum atomic E-state index is -4.86. The zero-order chi connectivity index (χ0) is 60.1. The van der Waals surface area contributed by atoms with Gasteiger partial charge in [-0.15, -0.1) is 0 Å². The van der Waals surface area contributed by atoms with E-state index in [1.807, 2.05) is 36.4 Å². The highest BCUT2D eigenvalue weighted by atomic mass is 31.2. The SMILES string of the molecule is CC(C)(C)c1ccc(-c2cccc(OP(=O)(Oc3cccc(-c4ccc(C(C)(C)C)cc4)c3-c3ccc(C(C)(C)C)cc3)Oc3cccc(-c4ccc(C(C)(C)C)cc4)c3-c3ccc(C(C)(C)C)cc3)c2-c2ccc(C(C)(C)C)cc2)cc1. The summed E-state index contributed by atoms with van der Waals surface area (Å²) in [6.07, 6.45) is 0. The first-order chi connectivity index (χ1) is 38.8. The van der Waals surface area contributed by atoms with Crippen LogP contribution in [0.3, 0.4) is 0 Å². The molecule has 0 aliphatic carbocycles. The molecule has 0 spiro atoms. The number of phosphoric ester groups is 1. The van der Waals surface area contributed by atoms with Gasteiger partial charge in [0.1, 0.15) is 17.2 Å². The Labute approximate surface area is 498 Å². The third-order valence-corrected chi connectivity index (χ3v) is 17.3. The van der Waals surface area contributed by atoms with Crippen molar-refractivity contribution < 1.29 is 18.1 Å². The molecule has 0 saturated carbocycles. The predicted octanol–water partition coefficient (Wildman–Crippen LogP) is 23.1. The smallest absolute Gasteiger partial charge is 0.385 e. The molecule has 0 atom stereocenters. The molecule has 9 rings (SSSR count). The van der Waals surface area contributed by atoms with Gasteiger partial charge in [-0.05, 0) is 134 Å². The van der Waals surface area contributed by atoms with Crippen LogP contribution in [0.2, 0.25) is 0 Å². The van der Waals surface area contributed by atoms with Crippen molar-refractivity contribution in [2.24, 2.45) is 0 Å². The fourth-order valence-electron chi connectivity index (χ4n) is 10.7. The maximum absolute atomic E-state index is 17.2. The summed E-state index contributed by atoms with van der Waals surface area (Å²) < 4.78 is 38.9. The van der Waals surface area contributed by atoms with Gasteiger partial charge in [0, 0.05) is 16.7 Å². The topological polar surface area (TPSA) is 44.8 Å². The lowest BCUT2D eigenvalue weighted by Crippen LogP contribution is -2.12. The largest absolute Gasteiger partial charge is 0.647 e. The summed E-state index contributed by atoms with van der Waals surface area (Å²) in [4.78, 5) is 0. The van der Waals surface area contributed by atoms with Crippen LogP contribution in [-0.4, -0.2) is 0 Å². The Kier molecular flexibility index (Phi) is 16.4. The molecule has 0 aliphatic heterocycles. The van der Waals surface area contributed by atoms with Gasteiger partial charge in [-0.3, -0.25) is 0 Å². The Balaban J connectivity index is 1.31. The summed E-state index contributed by atoms with van der Waals surface area (Å²) in [5, 5.41) is 0. The fourth-order valence-corrected chi connectivity index (χ4v) is 12.0. The van der Waals surface area contributed by atoms with Gasteiger partial charge in [-0.2, -0.15) is 4.57 Å². The second-order valence-corrected chi connectivity index (χ2v) is 30.2. The van der Waals surface area contributed by atoms with E-state index in [9.17, 15) is 0 Å². The quantitative estimate of drug-likeness (QED) is 0.114. The molecule has 0 saturated heterocycles. The van der Waals surface area contributed by atoms with Crippen LogP contribution in [0.5, 0.6) is 17.2 Å². The molecule has 0 N–H and O–H groups in total. The van der Waals surface area contributed by atoms with Gasteiger partial charge in [-0.1, -0.05) is 307 Å². The molecular formula is C78H87O4P. The van der Waals surface area contributed by atoms with Crippen LogP contribution in [-0.2, 0) is 37.1 Å². The molecule has 0 bridgehead atoms. The maximum atomic E-state index is 17.2. The Morgan fingerprint density at radius 1 is 0.229 bits per heavy atom. The number of rotatable bonds is 12. The maximum Gasteiger partial charge on any atom is 0.647 e. The third-order valence-electron chi connectivity index (χ3n) is 16.0. The first kappa shape index (κ1) is 60.2. The minimum absolute atomic E-state index is 0.0439. The second kappa shape index (κ2) is 22.6. The monoisotopic (exact) mass is 1120 g/mol. The molecular weight excluding hydrogens is 1030 g/mol. The molecule has 0 aliphatic rings. The summed E-state index contributed by atoms with van der Waals surface area (Å²) in [5.41, 5.74) is 17.6. The summed E-state index contributed by atoms with van der Waals surface area (Å²) in [6.45, 7) is 40.0. The Hall–Kier alpha value is -7.39. The highest BCUT2D eigenvalue weighted by Gasteiger charge is 2.38. The normalized spacial score (nSPS) is 12.7. The lowest BCUT2D eigenvalue weighted by molar-refractivity contribution is 0.299. The standard InChI is InChI=1S/C78H87O4P/c1-73(2,3)58-40-28-52(29-41-58)64-22-19-25-67(70(64)55-34-46-61(47-35-55)76(10,11)12)80-83(79,81-68-26-20-23-65(53-30-42-59(43-31-53)74(4,5)6)71(68)56-36-48-62(49-37-56)77(13,14)15)82-69-27-21-24-66(54-32-44-60(45-33-54)75(7,8)9)72(69)57-38-50-63(51-39-57)78(16,17)18/h19-51H,1-18H3. The highest BCUT2D eigenvalue weighted by Crippen LogP contribution is 2.57. The number of benzene rings is 9. The van der Waals surface area contributed by atoms with E-state index in [-0.39, 0.29) is 32.5 Å². The van der Waals surface area contributed by atoms with Crippen LogP contribution in [0, 0.1) is 0 Å². The molecule has 0 aromatic heterocycles. The van der Waals surface area contributed by atoms with Gasteiger partial charge in [0.25, 0.3) is 0 Å². The van der Waals surface area contributed by atoms with Crippen molar-refractivity contribution in [2.75, 3.05) is 0 Å². The van der Waals surface area contributed by atoms with Gasteiger partial charge in [-0.25, -0.2) is 0 Å². The summed E-state index contributed by atoms with van der Waals surface area (Å²) in [7, 11) is -4.86.